The summed E-state index contributed by atoms with van der Waals surface area (Å²) in [7, 11) is 0. The van der Waals surface area contributed by atoms with E-state index in [9.17, 15) is 4.79 Å². The molecule has 0 spiro atoms. The number of hydrogen-bond acceptors (Lipinski definition) is 2. The number of amides is 1. The maximum Gasteiger partial charge on any atom is 0.409 e. The Kier molecular flexibility index (Phi) is 11.8. The van der Waals surface area contributed by atoms with E-state index in [-0.39, 0.29) is 6.09 Å². The zero-order chi connectivity index (χ0) is 14.5. The zero-order valence-electron chi connectivity index (χ0n) is 13.4. The Morgan fingerprint density at radius 1 is 0.947 bits per heavy atom. The maximum atomic E-state index is 11.8. The van der Waals surface area contributed by atoms with Gasteiger partial charge in [-0.2, -0.15) is 0 Å². The third-order valence-electron chi connectivity index (χ3n) is 3.63. The van der Waals surface area contributed by atoms with Crippen molar-refractivity contribution in [1.29, 1.82) is 0 Å². The molecule has 1 amide bonds. The molecule has 3 heteroatoms. The van der Waals surface area contributed by atoms with Crippen molar-refractivity contribution in [3.8, 4) is 0 Å². The van der Waals surface area contributed by atoms with E-state index in [1.807, 2.05) is 13.8 Å². The van der Waals surface area contributed by atoms with Crippen molar-refractivity contribution in [3.05, 3.63) is 0 Å². The van der Waals surface area contributed by atoms with E-state index in [0.29, 0.717) is 12.5 Å². The monoisotopic (exact) mass is 271 g/mol. The fourth-order valence-electron chi connectivity index (χ4n) is 2.34. The van der Waals surface area contributed by atoms with E-state index in [0.717, 1.165) is 19.5 Å². The topological polar surface area (TPSA) is 29.5 Å². The predicted molar refractivity (Wildman–Crippen MR) is 81.4 cm³/mol. The van der Waals surface area contributed by atoms with Gasteiger partial charge in [-0.15, -0.1) is 0 Å². The standard InChI is InChI=1S/C16H33NO2/c1-5-9-10-11-13-15(12-6-2)14-19-16(18)17(7-3)8-4/h15H,5-14H2,1-4H3. The number of unbranched alkanes of at least 4 members (excludes halogenated alkanes) is 3. The van der Waals surface area contributed by atoms with Crippen LogP contribution >= 0.6 is 0 Å². The van der Waals surface area contributed by atoms with Gasteiger partial charge in [-0.1, -0.05) is 46.0 Å². The fourth-order valence-corrected chi connectivity index (χ4v) is 2.34. The number of nitrogens with zero attached hydrogens (tertiary/aromatic N) is 1. The Balaban J connectivity index is 3.95. The molecule has 3 nitrogen and oxygen atoms in total. The second kappa shape index (κ2) is 12.3. The van der Waals surface area contributed by atoms with E-state index in [1.165, 1.54) is 38.5 Å². The summed E-state index contributed by atoms with van der Waals surface area (Å²) in [6.45, 7) is 10.4. The van der Waals surface area contributed by atoms with E-state index in [4.69, 9.17) is 4.74 Å². The van der Waals surface area contributed by atoms with Gasteiger partial charge in [-0.3, -0.25) is 0 Å². The van der Waals surface area contributed by atoms with Crippen LogP contribution < -0.4 is 0 Å². The highest BCUT2D eigenvalue weighted by Crippen LogP contribution is 2.17. The van der Waals surface area contributed by atoms with Gasteiger partial charge in [0, 0.05) is 13.1 Å². The number of carbonyl (C=O) groups is 1. The van der Waals surface area contributed by atoms with Crippen LogP contribution in [-0.2, 0) is 4.74 Å². The molecule has 114 valence electrons. The van der Waals surface area contributed by atoms with Crippen molar-refractivity contribution in [2.24, 2.45) is 5.92 Å². The highest BCUT2D eigenvalue weighted by molar-refractivity contribution is 5.67. The van der Waals surface area contributed by atoms with Gasteiger partial charge in [0.1, 0.15) is 0 Å². The fraction of sp³-hybridized carbons (Fsp3) is 0.938. The Morgan fingerprint density at radius 3 is 2.16 bits per heavy atom. The van der Waals surface area contributed by atoms with Crippen molar-refractivity contribution >= 4 is 6.09 Å². The number of ether oxygens (including phenoxy) is 1. The first-order valence-corrected chi connectivity index (χ1v) is 8.11. The summed E-state index contributed by atoms with van der Waals surface area (Å²) < 4.78 is 5.44. The minimum Gasteiger partial charge on any atom is -0.449 e. The second-order valence-corrected chi connectivity index (χ2v) is 5.25. The van der Waals surface area contributed by atoms with Crippen LogP contribution in [0.2, 0.25) is 0 Å². The lowest BCUT2D eigenvalue weighted by molar-refractivity contribution is 0.0867. The summed E-state index contributed by atoms with van der Waals surface area (Å²) in [5, 5.41) is 0. The summed E-state index contributed by atoms with van der Waals surface area (Å²) in [6.07, 6.45) is 8.54. The first-order valence-electron chi connectivity index (χ1n) is 8.11. The summed E-state index contributed by atoms with van der Waals surface area (Å²) in [4.78, 5) is 13.5. The average Bonchev–Trinajstić information content (AvgIpc) is 2.42. The van der Waals surface area contributed by atoms with Crippen molar-refractivity contribution < 1.29 is 9.53 Å². The quantitative estimate of drug-likeness (QED) is 0.503. The molecule has 0 heterocycles. The van der Waals surface area contributed by atoms with Crippen molar-refractivity contribution in [2.45, 2.75) is 72.6 Å². The van der Waals surface area contributed by atoms with Crippen molar-refractivity contribution in [1.82, 2.24) is 4.90 Å². The largest absolute Gasteiger partial charge is 0.449 e. The molecule has 0 aliphatic carbocycles. The number of rotatable bonds is 11. The number of hydrogen-bond donors (Lipinski definition) is 0. The first kappa shape index (κ1) is 18.3. The van der Waals surface area contributed by atoms with Crippen molar-refractivity contribution in [2.75, 3.05) is 19.7 Å². The zero-order valence-corrected chi connectivity index (χ0v) is 13.4. The molecule has 0 rings (SSSR count). The molecule has 0 fully saturated rings. The van der Waals surface area contributed by atoms with Crippen LogP contribution in [0.25, 0.3) is 0 Å². The molecule has 19 heavy (non-hydrogen) atoms. The number of carbonyl (C=O) groups excluding carboxylic acids is 1. The van der Waals surface area contributed by atoms with Gasteiger partial charge < -0.3 is 9.64 Å². The Labute approximate surface area is 119 Å². The molecule has 0 saturated heterocycles. The molecule has 0 aromatic heterocycles. The molecular weight excluding hydrogens is 238 g/mol. The van der Waals surface area contributed by atoms with Crippen LogP contribution in [0, 0.1) is 5.92 Å². The minimum absolute atomic E-state index is 0.153. The van der Waals surface area contributed by atoms with E-state index >= 15 is 0 Å². The summed E-state index contributed by atoms with van der Waals surface area (Å²) in [5.74, 6) is 0.543. The minimum atomic E-state index is -0.153. The van der Waals surface area contributed by atoms with Gasteiger partial charge in [0.15, 0.2) is 0 Å². The van der Waals surface area contributed by atoms with E-state index in [1.54, 1.807) is 4.90 Å². The van der Waals surface area contributed by atoms with Crippen molar-refractivity contribution in [3.63, 3.8) is 0 Å². The molecule has 0 saturated carbocycles. The summed E-state index contributed by atoms with van der Waals surface area (Å²) in [6, 6.07) is 0. The molecule has 0 aromatic carbocycles. The predicted octanol–water partition coefficient (Wildman–Crippen LogP) is 4.85. The van der Waals surface area contributed by atoms with Gasteiger partial charge in [0.25, 0.3) is 0 Å². The molecule has 1 atom stereocenters. The Bertz CT molecular complexity index is 215. The van der Waals surface area contributed by atoms with Gasteiger partial charge in [0.2, 0.25) is 0 Å². The van der Waals surface area contributed by atoms with Crippen LogP contribution in [0.4, 0.5) is 4.79 Å². The van der Waals surface area contributed by atoms with E-state index in [2.05, 4.69) is 13.8 Å². The lowest BCUT2D eigenvalue weighted by Gasteiger charge is -2.21. The van der Waals surface area contributed by atoms with Gasteiger partial charge in [-0.25, -0.2) is 4.79 Å². The summed E-state index contributed by atoms with van der Waals surface area (Å²) >= 11 is 0. The molecule has 1 unspecified atom stereocenters. The third kappa shape index (κ3) is 8.90. The van der Waals surface area contributed by atoms with Crippen LogP contribution in [-0.4, -0.2) is 30.7 Å². The second-order valence-electron chi connectivity index (χ2n) is 5.25. The van der Waals surface area contributed by atoms with Crippen LogP contribution in [0.15, 0.2) is 0 Å². The third-order valence-corrected chi connectivity index (χ3v) is 3.63. The van der Waals surface area contributed by atoms with Crippen LogP contribution in [0.1, 0.15) is 72.6 Å². The molecule has 0 bridgehead atoms. The van der Waals surface area contributed by atoms with Crippen LogP contribution in [0.5, 0.6) is 0 Å². The normalized spacial score (nSPS) is 12.2. The van der Waals surface area contributed by atoms with Gasteiger partial charge in [0.05, 0.1) is 6.61 Å². The molecule has 0 aliphatic rings. The SMILES string of the molecule is CCCCCCC(CCC)COC(=O)N(CC)CC. The highest BCUT2D eigenvalue weighted by atomic mass is 16.6. The molecule has 0 aliphatic heterocycles. The maximum absolute atomic E-state index is 11.8. The average molecular weight is 271 g/mol. The smallest absolute Gasteiger partial charge is 0.409 e. The summed E-state index contributed by atoms with van der Waals surface area (Å²) in [5.41, 5.74) is 0. The van der Waals surface area contributed by atoms with Crippen LogP contribution in [0.3, 0.4) is 0 Å². The van der Waals surface area contributed by atoms with Gasteiger partial charge >= 0.3 is 6.09 Å². The molecule has 0 aromatic rings. The molecule has 0 N–H and O–H groups in total. The lowest BCUT2D eigenvalue weighted by atomic mass is 9.97. The van der Waals surface area contributed by atoms with E-state index < -0.39 is 0 Å². The Hall–Kier alpha value is -0.730. The molecule has 0 radical (unpaired) electrons. The molecular formula is C16H33NO2. The first-order chi connectivity index (χ1) is 9.19. The van der Waals surface area contributed by atoms with Gasteiger partial charge in [-0.05, 0) is 32.6 Å². The lowest BCUT2D eigenvalue weighted by Crippen LogP contribution is -2.32. The highest BCUT2D eigenvalue weighted by Gasteiger charge is 2.14. The Morgan fingerprint density at radius 2 is 1.63 bits per heavy atom.